The van der Waals surface area contributed by atoms with Gasteiger partial charge < -0.3 is 21.1 Å². The number of nitrogens with zero attached hydrogens (tertiary/aromatic N) is 5. The van der Waals surface area contributed by atoms with Gasteiger partial charge in [-0.2, -0.15) is 0 Å². The van der Waals surface area contributed by atoms with E-state index in [2.05, 4.69) is 25.8 Å². The Morgan fingerprint density at radius 1 is 1.39 bits per heavy atom. The molecule has 0 bridgehead atoms. The van der Waals surface area contributed by atoms with Crippen LogP contribution in [0.3, 0.4) is 0 Å². The van der Waals surface area contributed by atoms with Crippen LogP contribution in [0.1, 0.15) is 18.4 Å². The molecule has 31 heavy (non-hydrogen) atoms. The first-order chi connectivity index (χ1) is 14.9. The van der Waals surface area contributed by atoms with Gasteiger partial charge in [-0.25, -0.2) is 20.6 Å². The lowest BCUT2D eigenvalue weighted by molar-refractivity contribution is -0.117. The largest absolute Gasteiger partial charge is 0.494 e. The molecule has 2 heterocycles. The van der Waals surface area contributed by atoms with E-state index in [4.69, 9.17) is 16.3 Å². The van der Waals surface area contributed by atoms with Crippen LogP contribution >= 0.6 is 0 Å². The molecular formula is C20H25N9O2. The number of rotatable bonds is 7. The maximum Gasteiger partial charge on any atom is 0.228 e. The fraction of sp³-hybridized carbons (Fsp3) is 0.300. The number of nitrogens with two attached hydrogens (primary N) is 2. The van der Waals surface area contributed by atoms with E-state index in [9.17, 15) is 4.79 Å². The van der Waals surface area contributed by atoms with Crippen molar-refractivity contribution in [2.75, 3.05) is 31.8 Å². The van der Waals surface area contributed by atoms with Crippen molar-refractivity contribution in [2.45, 2.75) is 12.8 Å². The summed E-state index contributed by atoms with van der Waals surface area (Å²) >= 11 is 0. The standard InChI is InChI=1S/C20H25N9O2/c1-23-19-13-10-24-16(25-20(30)11-7-8-11)9-15(13)29(27-19)14-6-4-5-12(17(14)31-3)18(21)26-28(2)22/h4-6,9-11H,7-8,22H2,1-3H3,(H2,21,26)(H,23,27)(H,24,25,30). The lowest BCUT2D eigenvalue weighted by atomic mass is 10.1. The van der Waals surface area contributed by atoms with Crippen LogP contribution in [0.15, 0.2) is 35.6 Å². The summed E-state index contributed by atoms with van der Waals surface area (Å²) in [4.78, 5) is 16.6. The van der Waals surface area contributed by atoms with Gasteiger partial charge in [0.25, 0.3) is 0 Å². The van der Waals surface area contributed by atoms with E-state index in [-0.39, 0.29) is 17.7 Å². The number of benzene rings is 1. The summed E-state index contributed by atoms with van der Waals surface area (Å²) in [7, 11) is 4.91. The number of para-hydroxylation sites is 1. The number of methoxy groups -OCH3 is 1. The Bertz CT molecular complexity index is 1160. The van der Waals surface area contributed by atoms with E-state index in [1.165, 1.54) is 0 Å². The van der Waals surface area contributed by atoms with Gasteiger partial charge in [-0.15, -0.1) is 10.2 Å². The van der Waals surface area contributed by atoms with Gasteiger partial charge in [0.2, 0.25) is 5.91 Å². The molecule has 1 aliphatic carbocycles. The van der Waals surface area contributed by atoms with Crippen molar-refractivity contribution in [2.24, 2.45) is 22.6 Å². The number of hydrogen-bond acceptors (Lipinski definition) is 8. The normalized spacial score (nSPS) is 13.9. The van der Waals surface area contributed by atoms with Gasteiger partial charge in [0.05, 0.1) is 23.6 Å². The Kier molecular flexibility index (Phi) is 5.34. The minimum atomic E-state index is -0.0128. The number of carbonyl (C=O) groups excluding carboxylic acids is 1. The van der Waals surface area contributed by atoms with Crippen LogP contribution in [0, 0.1) is 5.92 Å². The SMILES string of the molecule is CNc1nn(-c2cccc(/C(N)=N/N(C)N)c2OC)c2cc(NC(=O)C3CC3)ncc12. The maximum absolute atomic E-state index is 12.2. The summed E-state index contributed by atoms with van der Waals surface area (Å²) in [6.07, 6.45) is 3.52. The molecule has 0 saturated heterocycles. The lowest BCUT2D eigenvalue weighted by Crippen LogP contribution is -2.26. The van der Waals surface area contributed by atoms with Gasteiger partial charge >= 0.3 is 0 Å². The molecule has 1 saturated carbocycles. The van der Waals surface area contributed by atoms with Crippen molar-refractivity contribution >= 4 is 34.3 Å². The molecule has 3 aromatic rings. The van der Waals surface area contributed by atoms with Crippen LogP contribution in [0.5, 0.6) is 5.75 Å². The van der Waals surface area contributed by atoms with Crippen LogP contribution in [-0.4, -0.2) is 52.8 Å². The maximum atomic E-state index is 12.2. The zero-order valence-electron chi connectivity index (χ0n) is 17.6. The number of hydrogen-bond donors (Lipinski definition) is 4. The fourth-order valence-corrected chi connectivity index (χ4v) is 3.35. The van der Waals surface area contributed by atoms with Gasteiger partial charge in [-0.3, -0.25) is 4.79 Å². The van der Waals surface area contributed by atoms with Gasteiger partial charge in [0, 0.05) is 32.3 Å². The molecule has 0 aliphatic heterocycles. The smallest absolute Gasteiger partial charge is 0.228 e. The number of ether oxygens (including phenoxy) is 1. The lowest BCUT2D eigenvalue weighted by Gasteiger charge is -2.15. The monoisotopic (exact) mass is 423 g/mol. The van der Waals surface area contributed by atoms with Crippen LogP contribution in [0.25, 0.3) is 16.6 Å². The zero-order valence-corrected chi connectivity index (χ0v) is 17.6. The van der Waals surface area contributed by atoms with Crippen molar-refractivity contribution in [3.63, 3.8) is 0 Å². The predicted octanol–water partition coefficient (Wildman–Crippen LogP) is 1.25. The molecular weight excluding hydrogens is 398 g/mol. The van der Waals surface area contributed by atoms with Crippen molar-refractivity contribution in [1.29, 1.82) is 0 Å². The molecule has 1 aliphatic rings. The molecule has 0 unspecified atom stereocenters. The first-order valence-electron chi connectivity index (χ1n) is 9.80. The quantitative estimate of drug-likeness (QED) is 0.192. The Morgan fingerprint density at radius 3 is 2.81 bits per heavy atom. The van der Waals surface area contributed by atoms with Crippen molar-refractivity contribution in [3.8, 4) is 11.4 Å². The number of hydrazone groups is 1. The number of pyridine rings is 1. The highest BCUT2D eigenvalue weighted by atomic mass is 16.5. The van der Waals surface area contributed by atoms with Crippen LogP contribution in [-0.2, 0) is 4.79 Å². The molecule has 1 fully saturated rings. The summed E-state index contributed by atoms with van der Waals surface area (Å²) in [6.45, 7) is 0. The highest BCUT2D eigenvalue weighted by molar-refractivity contribution is 6.01. The summed E-state index contributed by atoms with van der Waals surface area (Å²) in [5.74, 6) is 7.46. The van der Waals surface area contributed by atoms with E-state index in [0.717, 1.165) is 28.9 Å². The van der Waals surface area contributed by atoms with E-state index in [1.54, 1.807) is 44.2 Å². The second-order valence-corrected chi connectivity index (χ2v) is 7.28. The number of nitrogens with one attached hydrogen (secondary N) is 2. The first-order valence-corrected chi connectivity index (χ1v) is 9.80. The second kappa shape index (κ2) is 8.11. The summed E-state index contributed by atoms with van der Waals surface area (Å²) in [5, 5.41) is 16.6. The highest BCUT2D eigenvalue weighted by Crippen LogP contribution is 2.34. The van der Waals surface area contributed by atoms with E-state index in [1.807, 2.05) is 12.1 Å². The Hall–Kier alpha value is -3.86. The van der Waals surface area contributed by atoms with Gasteiger partial charge in [0.1, 0.15) is 11.5 Å². The fourth-order valence-electron chi connectivity index (χ4n) is 3.35. The van der Waals surface area contributed by atoms with Crippen LogP contribution < -0.4 is 26.9 Å². The second-order valence-electron chi connectivity index (χ2n) is 7.28. The molecule has 162 valence electrons. The summed E-state index contributed by atoms with van der Waals surface area (Å²) < 4.78 is 7.39. The number of carbonyl (C=O) groups is 1. The number of hydrazine groups is 1. The number of amidine groups is 1. The van der Waals surface area contributed by atoms with Crippen molar-refractivity contribution in [1.82, 2.24) is 19.9 Å². The zero-order chi connectivity index (χ0) is 22.1. The molecule has 0 spiro atoms. The molecule has 2 aromatic heterocycles. The van der Waals surface area contributed by atoms with E-state index >= 15 is 0 Å². The Labute approximate surface area is 179 Å². The molecule has 0 radical (unpaired) electrons. The highest BCUT2D eigenvalue weighted by Gasteiger charge is 2.30. The molecule has 11 nitrogen and oxygen atoms in total. The third kappa shape index (κ3) is 3.94. The van der Waals surface area contributed by atoms with E-state index < -0.39 is 0 Å². The van der Waals surface area contributed by atoms with Crippen molar-refractivity contribution < 1.29 is 9.53 Å². The Balaban J connectivity index is 1.85. The van der Waals surface area contributed by atoms with Gasteiger partial charge in [-0.05, 0) is 25.0 Å². The van der Waals surface area contributed by atoms with Gasteiger partial charge in [0.15, 0.2) is 17.4 Å². The number of anilines is 2. The molecule has 11 heteroatoms. The first kappa shape index (κ1) is 20.4. The van der Waals surface area contributed by atoms with Gasteiger partial charge in [-0.1, -0.05) is 6.07 Å². The molecule has 0 atom stereocenters. The minimum absolute atomic E-state index is 0.0128. The number of amides is 1. The topological polar surface area (TPSA) is 149 Å². The average Bonchev–Trinajstić information content (AvgIpc) is 3.54. The predicted molar refractivity (Wildman–Crippen MR) is 119 cm³/mol. The van der Waals surface area contributed by atoms with E-state index in [0.29, 0.717) is 28.6 Å². The third-order valence-corrected chi connectivity index (χ3v) is 4.97. The van der Waals surface area contributed by atoms with Crippen LogP contribution in [0.4, 0.5) is 11.6 Å². The van der Waals surface area contributed by atoms with Crippen LogP contribution in [0.2, 0.25) is 0 Å². The molecule has 1 amide bonds. The molecule has 6 N–H and O–H groups in total. The minimum Gasteiger partial charge on any atom is -0.494 e. The average molecular weight is 423 g/mol. The number of fused-ring (bicyclic) bond motifs is 1. The summed E-state index contributed by atoms with van der Waals surface area (Å²) in [6, 6.07) is 7.27. The third-order valence-electron chi connectivity index (χ3n) is 4.97. The Morgan fingerprint density at radius 2 is 2.16 bits per heavy atom. The number of aromatic nitrogens is 3. The molecule has 1 aromatic carbocycles. The van der Waals surface area contributed by atoms with Crippen molar-refractivity contribution in [3.05, 3.63) is 36.0 Å². The molecule has 4 rings (SSSR count). The summed E-state index contributed by atoms with van der Waals surface area (Å²) in [5.41, 5.74) is 8.09.